The van der Waals surface area contributed by atoms with Gasteiger partial charge in [0.2, 0.25) is 11.7 Å². The van der Waals surface area contributed by atoms with E-state index in [9.17, 15) is 9.59 Å². The van der Waals surface area contributed by atoms with Crippen molar-refractivity contribution in [1.82, 2.24) is 0 Å². The number of methoxy groups -OCH3 is 3. The highest BCUT2D eigenvalue weighted by Gasteiger charge is 2.14. The maximum absolute atomic E-state index is 12.4. The van der Waals surface area contributed by atoms with E-state index in [0.717, 1.165) is 5.56 Å². The fourth-order valence-corrected chi connectivity index (χ4v) is 2.83. The van der Waals surface area contributed by atoms with Crippen LogP contribution in [0, 0.1) is 5.92 Å². The van der Waals surface area contributed by atoms with Gasteiger partial charge in [-0.15, -0.1) is 0 Å². The average molecular weight is 431 g/mol. The minimum absolute atomic E-state index is 0.159. The highest BCUT2D eigenvalue weighted by Crippen LogP contribution is 2.38. The number of amides is 2. The summed E-state index contributed by atoms with van der Waals surface area (Å²) in [6.07, 6.45) is 0.217. The lowest BCUT2D eigenvalue weighted by Crippen LogP contribution is -2.17. The van der Waals surface area contributed by atoms with Gasteiger partial charge in [0, 0.05) is 17.8 Å². The van der Waals surface area contributed by atoms with E-state index in [2.05, 4.69) is 10.6 Å². The van der Waals surface area contributed by atoms with Crippen molar-refractivity contribution in [1.29, 1.82) is 0 Å². The predicted molar refractivity (Wildman–Crippen MR) is 119 cm³/mol. The van der Waals surface area contributed by atoms with Gasteiger partial charge in [-0.2, -0.15) is 0 Å². The summed E-state index contributed by atoms with van der Waals surface area (Å²) in [7, 11) is 4.64. The molecule has 0 heterocycles. The lowest BCUT2D eigenvalue weighted by molar-refractivity contribution is -0.116. The minimum Gasteiger partial charge on any atom is -0.493 e. The third kappa shape index (κ3) is 7.40. The predicted octanol–water partition coefficient (Wildman–Crippen LogP) is 4.49. The zero-order chi connectivity index (χ0) is 22.8. The van der Waals surface area contributed by atoms with Gasteiger partial charge < -0.3 is 24.3 Å². The summed E-state index contributed by atoms with van der Waals surface area (Å²) in [6.45, 7) is 4.26. The number of hydrogen-bond donors (Lipinski definition) is 2. The molecular formula is C23H30N2O6. The second kappa shape index (κ2) is 11.7. The Morgan fingerprint density at radius 2 is 1.52 bits per heavy atom. The van der Waals surface area contributed by atoms with Gasteiger partial charge in [-0.05, 0) is 48.2 Å². The molecular weight excluding hydrogens is 400 g/mol. The molecule has 0 saturated heterocycles. The van der Waals surface area contributed by atoms with Crippen molar-refractivity contribution in [2.45, 2.75) is 26.7 Å². The first kappa shape index (κ1) is 23.9. The number of anilines is 2. The summed E-state index contributed by atoms with van der Waals surface area (Å²) in [5.41, 5.74) is 2.00. The van der Waals surface area contributed by atoms with Crippen LogP contribution in [0.2, 0.25) is 0 Å². The van der Waals surface area contributed by atoms with Gasteiger partial charge in [-0.1, -0.05) is 19.9 Å². The Bertz CT molecular complexity index is 872. The van der Waals surface area contributed by atoms with Gasteiger partial charge in [0.25, 0.3) is 0 Å². The molecule has 0 saturated carbocycles. The normalized spacial score (nSPS) is 10.4. The van der Waals surface area contributed by atoms with Crippen molar-refractivity contribution in [3.8, 4) is 17.2 Å². The molecule has 0 atom stereocenters. The van der Waals surface area contributed by atoms with Crippen molar-refractivity contribution in [3.63, 3.8) is 0 Å². The van der Waals surface area contributed by atoms with Gasteiger partial charge in [0.1, 0.15) is 0 Å². The van der Waals surface area contributed by atoms with Crippen molar-refractivity contribution >= 4 is 23.4 Å². The lowest BCUT2D eigenvalue weighted by Gasteiger charge is -2.14. The van der Waals surface area contributed by atoms with E-state index in [1.165, 1.54) is 0 Å². The molecule has 0 aliphatic rings. The number of benzene rings is 2. The number of ether oxygens (including phenoxy) is 4. The Hall–Kier alpha value is -3.42. The lowest BCUT2D eigenvalue weighted by atomic mass is 10.1. The zero-order valence-electron chi connectivity index (χ0n) is 18.6. The highest BCUT2D eigenvalue weighted by atomic mass is 16.5. The fourth-order valence-electron chi connectivity index (χ4n) is 2.83. The first-order chi connectivity index (χ1) is 14.9. The van der Waals surface area contributed by atoms with Gasteiger partial charge in [0.05, 0.1) is 27.9 Å². The number of aryl methyl sites for hydroxylation is 1. The molecule has 8 heteroatoms. The molecule has 0 spiro atoms. The Balaban J connectivity index is 1.95. The number of carbonyl (C=O) groups is 2. The number of nitrogens with one attached hydrogen (secondary N) is 2. The maximum Gasteiger partial charge on any atom is 0.411 e. The molecule has 8 nitrogen and oxygen atoms in total. The summed E-state index contributed by atoms with van der Waals surface area (Å²) in [4.78, 5) is 24.2. The average Bonchev–Trinajstić information content (AvgIpc) is 2.75. The van der Waals surface area contributed by atoms with E-state index in [-0.39, 0.29) is 18.2 Å². The minimum atomic E-state index is -0.528. The van der Waals surface area contributed by atoms with E-state index in [1.807, 2.05) is 26.0 Å². The van der Waals surface area contributed by atoms with Crippen LogP contribution >= 0.6 is 0 Å². The van der Waals surface area contributed by atoms with E-state index in [0.29, 0.717) is 41.7 Å². The molecule has 0 radical (unpaired) electrons. The molecule has 2 aromatic rings. The van der Waals surface area contributed by atoms with Crippen LogP contribution in [0.3, 0.4) is 0 Å². The summed E-state index contributed by atoms with van der Waals surface area (Å²) < 4.78 is 21.1. The van der Waals surface area contributed by atoms with E-state index in [1.54, 1.807) is 45.6 Å². The standard InChI is InChI=1S/C23H30N2O6/c1-15(2)14-31-23(27)25-18-8-6-7-17(13-18)24-21(26)10-9-16-11-19(28-3)22(30-5)20(12-16)29-4/h6-8,11-13,15H,9-10,14H2,1-5H3,(H,24,26)(H,25,27). The summed E-state index contributed by atoms with van der Waals surface area (Å²) in [6, 6.07) is 10.5. The molecule has 2 amide bonds. The quantitative estimate of drug-likeness (QED) is 0.577. The van der Waals surface area contributed by atoms with Crippen LogP contribution < -0.4 is 24.8 Å². The molecule has 0 aliphatic carbocycles. The highest BCUT2D eigenvalue weighted by molar-refractivity contribution is 5.92. The monoisotopic (exact) mass is 430 g/mol. The van der Waals surface area contributed by atoms with Crippen molar-refractivity contribution in [2.24, 2.45) is 5.92 Å². The zero-order valence-corrected chi connectivity index (χ0v) is 18.6. The smallest absolute Gasteiger partial charge is 0.411 e. The van der Waals surface area contributed by atoms with Crippen LogP contribution in [0.4, 0.5) is 16.2 Å². The van der Waals surface area contributed by atoms with E-state index >= 15 is 0 Å². The van der Waals surface area contributed by atoms with Crippen LogP contribution in [0.5, 0.6) is 17.2 Å². The Morgan fingerprint density at radius 1 is 0.903 bits per heavy atom. The van der Waals surface area contributed by atoms with Crippen LogP contribution in [0.15, 0.2) is 36.4 Å². The number of hydrogen-bond acceptors (Lipinski definition) is 6. The number of carbonyl (C=O) groups excluding carboxylic acids is 2. The molecule has 0 aliphatic heterocycles. The maximum atomic E-state index is 12.4. The first-order valence-electron chi connectivity index (χ1n) is 9.98. The van der Waals surface area contributed by atoms with Crippen LogP contribution in [0.1, 0.15) is 25.8 Å². The second-order valence-electron chi connectivity index (χ2n) is 7.28. The largest absolute Gasteiger partial charge is 0.493 e. The summed E-state index contributed by atoms with van der Waals surface area (Å²) >= 11 is 0. The molecule has 168 valence electrons. The topological polar surface area (TPSA) is 95.1 Å². The molecule has 2 rings (SSSR count). The van der Waals surface area contributed by atoms with Gasteiger partial charge in [-0.3, -0.25) is 10.1 Å². The molecule has 2 N–H and O–H groups in total. The Morgan fingerprint density at radius 3 is 2.06 bits per heavy atom. The molecule has 0 unspecified atom stereocenters. The van der Waals surface area contributed by atoms with E-state index in [4.69, 9.17) is 18.9 Å². The Labute approximate surface area is 182 Å². The summed E-state index contributed by atoms with van der Waals surface area (Å²) in [5.74, 6) is 1.69. The molecule has 0 aromatic heterocycles. The van der Waals surface area contributed by atoms with Gasteiger partial charge >= 0.3 is 6.09 Å². The third-order valence-electron chi connectivity index (χ3n) is 4.31. The van der Waals surface area contributed by atoms with Gasteiger partial charge in [-0.25, -0.2) is 4.79 Å². The second-order valence-corrected chi connectivity index (χ2v) is 7.28. The fraction of sp³-hybridized carbons (Fsp3) is 0.391. The van der Waals surface area contributed by atoms with Crippen LogP contribution in [-0.4, -0.2) is 39.9 Å². The van der Waals surface area contributed by atoms with E-state index < -0.39 is 6.09 Å². The summed E-state index contributed by atoms with van der Waals surface area (Å²) in [5, 5.41) is 5.49. The van der Waals surface area contributed by atoms with Gasteiger partial charge in [0.15, 0.2) is 11.5 Å². The van der Waals surface area contributed by atoms with Crippen LogP contribution in [0.25, 0.3) is 0 Å². The third-order valence-corrected chi connectivity index (χ3v) is 4.31. The van der Waals surface area contributed by atoms with Crippen molar-refractivity contribution in [3.05, 3.63) is 42.0 Å². The van der Waals surface area contributed by atoms with Crippen LogP contribution in [-0.2, 0) is 16.0 Å². The molecule has 2 aromatic carbocycles. The SMILES string of the molecule is COc1cc(CCC(=O)Nc2cccc(NC(=O)OCC(C)C)c2)cc(OC)c1OC. The van der Waals surface area contributed by atoms with Crippen molar-refractivity contribution < 1.29 is 28.5 Å². The Kier molecular flexibility index (Phi) is 8.99. The van der Waals surface area contributed by atoms with Crippen molar-refractivity contribution in [2.75, 3.05) is 38.6 Å². The first-order valence-corrected chi connectivity index (χ1v) is 9.98. The number of rotatable bonds is 10. The molecule has 0 bridgehead atoms. The molecule has 0 fully saturated rings. The molecule has 31 heavy (non-hydrogen) atoms.